The molecule has 1 aromatic carbocycles. The van der Waals surface area contributed by atoms with E-state index in [-0.39, 0.29) is 30.7 Å². The molecule has 0 saturated carbocycles. The summed E-state index contributed by atoms with van der Waals surface area (Å²) in [6.07, 6.45) is -10.9. The SMILES string of the molecule is CC(C)(C)P(c1ccc(OC(F)(F)C(F)(F)F)cc1)C(C)(C)C.[Pd]. The van der Waals surface area contributed by atoms with Crippen LogP contribution in [0.1, 0.15) is 41.5 Å². The van der Waals surface area contributed by atoms with Crippen LogP contribution < -0.4 is 10.0 Å². The van der Waals surface area contributed by atoms with E-state index in [1.807, 2.05) is 0 Å². The molecule has 0 fully saturated rings. The van der Waals surface area contributed by atoms with Gasteiger partial charge >= 0.3 is 12.3 Å². The van der Waals surface area contributed by atoms with Gasteiger partial charge in [-0.3, -0.25) is 0 Å². The summed E-state index contributed by atoms with van der Waals surface area (Å²) in [6.45, 7) is 12.5. The van der Waals surface area contributed by atoms with Crippen molar-refractivity contribution in [3.63, 3.8) is 0 Å². The first-order valence-electron chi connectivity index (χ1n) is 7.10. The summed E-state index contributed by atoms with van der Waals surface area (Å²) in [4.78, 5) is 0. The van der Waals surface area contributed by atoms with Gasteiger partial charge in [0.1, 0.15) is 5.75 Å². The van der Waals surface area contributed by atoms with E-state index in [1.165, 1.54) is 12.1 Å². The van der Waals surface area contributed by atoms with Gasteiger partial charge in [-0.05, 0) is 27.7 Å². The van der Waals surface area contributed by atoms with Gasteiger partial charge in [-0.2, -0.15) is 22.0 Å². The molecule has 0 bridgehead atoms. The van der Waals surface area contributed by atoms with Crippen LogP contribution in [-0.4, -0.2) is 22.6 Å². The minimum Gasteiger partial charge on any atom is -0.426 e. The fraction of sp³-hybridized carbons (Fsp3) is 0.625. The molecule has 0 aliphatic rings. The van der Waals surface area contributed by atoms with Gasteiger partial charge in [-0.15, -0.1) is 0 Å². The Morgan fingerprint density at radius 2 is 1.12 bits per heavy atom. The Labute approximate surface area is 154 Å². The molecule has 0 radical (unpaired) electrons. The first kappa shape index (κ1) is 23.8. The second kappa shape index (κ2) is 7.56. The third kappa shape index (κ3) is 5.93. The number of benzene rings is 1. The first-order valence-corrected chi connectivity index (χ1v) is 8.44. The molecule has 0 amide bonds. The van der Waals surface area contributed by atoms with Crippen LogP contribution in [0.2, 0.25) is 0 Å². The summed E-state index contributed by atoms with van der Waals surface area (Å²) in [5.41, 5.74) is 0. The van der Waals surface area contributed by atoms with Crippen LogP contribution in [0.15, 0.2) is 24.3 Å². The molecule has 1 aromatic rings. The van der Waals surface area contributed by atoms with Gasteiger partial charge in [0.25, 0.3) is 0 Å². The van der Waals surface area contributed by atoms with Gasteiger partial charge < -0.3 is 4.74 Å². The van der Waals surface area contributed by atoms with Crippen LogP contribution >= 0.6 is 7.92 Å². The summed E-state index contributed by atoms with van der Waals surface area (Å²) in [5.74, 6) is -0.506. The molecule has 1 rings (SSSR count). The zero-order valence-corrected chi connectivity index (χ0v) is 16.8. The summed E-state index contributed by atoms with van der Waals surface area (Å²) >= 11 is 0. The summed E-state index contributed by atoms with van der Waals surface area (Å²) in [5, 5.41) is 0.861. The van der Waals surface area contributed by atoms with E-state index in [2.05, 4.69) is 46.3 Å². The molecule has 0 N–H and O–H groups in total. The smallest absolute Gasteiger partial charge is 0.426 e. The van der Waals surface area contributed by atoms with E-state index in [1.54, 1.807) is 12.1 Å². The Morgan fingerprint density at radius 1 is 0.750 bits per heavy atom. The summed E-state index contributed by atoms with van der Waals surface area (Å²) < 4.78 is 66.1. The van der Waals surface area contributed by atoms with Gasteiger partial charge in [0.05, 0.1) is 0 Å². The van der Waals surface area contributed by atoms with Gasteiger partial charge in [-0.25, -0.2) is 0 Å². The number of ether oxygens (including phenoxy) is 1. The maximum atomic E-state index is 12.9. The van der Waals surface area contributed by atoms with Crippen LogP contribution in [0.25, 0.3) is 0 Å². The topological polar surface area (TPSA) is 9.23 Å². The van der Waals surface area contributed by atoms with E-state index >= 15 is 0 Å². The number of halogens is 5. The monoisotopic (exact) mass is 462 g/mol. The molecule has 0 aromatic heterocycles. The van der Waals surface area contributed by atoms with Gasteiger partial charge in [-0.1, -0.05) is 61.6 Å². The molecule has 1 nitrogen and oxygen atoms in total. The van der Waals surface area contributed by atoms with Crippen molar-refractivity contribution >= 4 is 13.2 Å². The summed E-state index contributed by atoms with van der Waals surface area (Å²) in [6, 6.07) is 5.48. The van der Waals surface area contributed by atoms with Crippen molar-refractivity contribution in [3.8, 4) is 5.75 Å². The Balaban J connectivity index is 0.00000529. The van der Waals surface area contributed by atoms with Crippen LogP contribution in [0.5, 0.6) is 5.75 Å². The van der Waals surface area contributed by atoms with E-state index in [9.17, 15) is 22.0 Å². The Morgan fingerprint density at radius 3 is 1.42 bits per heavy atom. The van der Waals surface area contributed by atoms with Crippen LogP contribution in [0, 0.1) is 0 Å². The van der Waals surface area contributed by atoms with Crippen molar-refractivity contribution in [3.05, 3.63) is 24.3 Å². The van der Waals surface area contributed by atoms with E-state index in [4.69, 9.17) is 0 Å². The Bertz CT molecular complexity index is 515. The van der Waals surface area contributed by atoms with Crippen LogP contribution in [-0.2, 0) is 20.4 Å². The van der Waals surface area contributed by atoms with Gasteiger partial charge in [0, 0.05) is 20.4 Å². The number of hydrogen-bond donors (Lipinski definition) is 0. The molecule has 0 unspecified atom stereocenters. The van der Waals surface area contributed by atoms with Crippen molar-refractivity contribution in [2.45, 2.75) is 64.1 Å². The van der Waals surface area contributed by atoms with Crippen molar-refractivity contribution in [1.29, 1.82) is 0 Å². The second-order valence-corrected chi connectivity index (χ2v) is 11.2. The van der Waals surface area contributed by atoms with Crippen molar-refractivity contribution in [2.24, 2.45) is 0 Å². The summed E-state index contributed by atoms with van der Waals surface area (Å²) in [7, 11) is -0.671. The zero-order valence-electron chi connectivity index (χ0n) is 14.4. The average Bonchev–Trinajstić information content (AvgIpc) is 2.25. The van der Waals surface area contributed by atoms with Crippen LogP contribution in [0.3, 0.4) is 0 Å². The Hall–Kier alpha value is -0.238. The molecule has 0 spiro atoms. The first-order chi connectivity index (χ1) is 10.1. The maximum absolute atomic E-state index is 12.9. The largest absolute Gasteiger partial charge is 0.499 e. The van der Waals surface area contributed by atoms with Crippen molar-refractivity contribution in [2.75, 3.05) is 0 Å². The zero-order chi connectivity index (χ0) is 18.3. The van der Waals surface area contributed by atoms with E-state index in [0.717, 1.165) is 5.30 Å². The third-order valence-corrected chi connectivity index (χ3v) is 6.51. The molecule has 142 valence electrons. The fourth-order valence-electron chi connectivity index (χ4n) is 2.65. The maximum Gasteiger partial charge on any atom is 0.499 e. The minimum atomic E-state index is -5.74. The number of rotatable bonds is 3. The normalized spacial score (nSPS) is 13.7. The minimum absolute atomic E-state index is 0. The van der Waals surface area contributed by atoms with Crippen molar-refractivity contribution in [1.82, 2.24) is 0 Å². The molecule has 8 heteroatoms. The predicted molar refractivity (Wildman–Crippen MR) is 84.1 cm³/mol. The molecule has 0 atom stereocenters. The second-order valence-electron chi connectivity index (χ2n) is 7.29. The molecule has 0 heterocycles. The molecule has 0 aliphatic heterocycles. The molecule has 0 aliphatic carbocycles. The standard InChI is InChI=1S/C16H22F5OP.Pd/c1-13(2,3)23(14(4,5)6)12-9-7-11(8-10-12)22-16(20,21)15(17,18)19;/h7-10H,1-6H3;. The molecular weight excluding hydrogens is 441 g/mol. The van der Waals surface area contributed by atoms with Gasteiger partial charge in [0.15, 0.2) is 0 Å². The molecule has 24 heavy (non-hydrogen) atoms. The van der Waals surface area contributed by atoms with E-state index < -0.39 is 26.0 Å². The third-order valence-electron chi connectivity index (χ3n) is 3.01. The number of alkyl halides is 5. The average molecular weight is 463 g/mol. The van der Waals surface area contributed by atoms with Gasteiger partial charge in [0.2, 0.25) is 0 Å². The van der Waals surface area contributed by atoms with Crippen molar-refractivity contribution < 1.29 is 47.1 Å². The molecule has 0 saturated heterocycles. The fourth-order valence-corrected chi connectivity index (χ4v) is 6.66. The van der Waals surface area contributed by atoms with Crippen LogP contribution in [0.4, 0.5) is 22.0 Å². The molecular formula is C16H22F5OPPd. The van der Waals surface area contributed by atoms with E-state index in [0.29, 0.717) is 0 Å². The Kier molecular flexibility index (Phi) is 7.48. The predicted octanol–water partition coefficient (Wildman–Crippen LogP) is 5.92. The quantitative estimate of drug-likeness (QED) is 0.308. The number of hydrogen-bond acceptors (Lipinski definition) is 1.